The van der Waals surface area contributed by atoms with Gasteiger partial charge in [-0.25, -0.2) is 9.78 Å². The Labute approximate surface area is 268 Å². The van der Waals surface area contributed by atoms with Crippen LogP contribution in [0.15, 0.2) is 76.8 Å². The molecule has 1 aliphatic rings. The van der Waals surface area contributed by atoms with Gasteiger partial charge in [0.25, 0.3) is 5.78 Å². The lowest BCUT2D eigenvalue weighted by Crippen LogP contribution is -2.29. The van der Waals surface area contributed by atoms with E-state index in [4.69, 9.17) is 27.9 Å². The van der Waals surface area contributed by atoms with Gasteiger partial charge in [0.1, 0.15) is 11.3 Å². The number of fused-ring (bicyclic) bond motifs is 1. The van der Waals surface area contributed by atoms with Crippen LogP contribution in [0.2, 0.25) is 10.0 Å². The van der Waals surface area contributed by atoms with Gasteiger partial charge in [0.05, 0.1) is 30.0 Å². The van der Waals surface area contributed by atoms with Crippen molar-refractivity contribution in [2.75, 3.05) is 12.0 Å². The predicted molar refractivity (Wildman–Crippen MR) is 168 cm³/mol. The molecule has 44 heavy (non-hydrogen) atoms. The van der Waals surface area contributed by atoms with Crippen molar-refractivity contribution in [1.29, 1.82) is 0 Å². The number of anilines is 1. The van der Waals surface area contributed by atoms with Gasteiger partial charge in [-0.2, -0.15) is 0 Å². The molecule has 222 valence electrons. The van der Waals surface area contributed by atoms with E-state index in [1.807, 2.05) is 6.07 Å². The van der Waals surface area contributed by atoms with Crippen LogP contribution in [0.25, 0.3) is 11.4 Å². The largest absolute Gasteiger partial charge is 0.505 e. The molecule has 1 saturated heterocycles. The fraction of sp³-hybridized carbons (Fsp3) is 0.133. The summed E-state index contributed by atoms with van der Waals surface area (Å²) in [4.78, 5) is 45.1. The molecule has 1 fully saturated rings. The summed E-state index contributed by atoms with van der Waals surface area (Å²) >= 11 is 14.8. The van der Waals surface area contributed by atoms with Gasteiger partial charge in [0.15, 0.2) is 10.1 Å². The number of nitrogens with zero attached hydrogens (tertiary/aromatic N) is 5. The minimum absolute atomic E-state index is 0.146. The highest BCUT2D eigenvalue weighted by atomic mass is 35.5. The third-order valence-corrected chi connectivity index (χ3v) is 9.68. The molecule has 0 spiro atoms. The van der Waals surface area contributed by atoms with E-state index in [0.717, 1.165) is 16.9 Å². The molecule has 1 N–H and O–H groups in total. The number of thioether (sulfide) groups is 1. The highest BCUT2D eigenvalue weighted by molar-refractivity contribution is 8.00. The summed E-state index contributed by atoms with van der Waals surface area (Å²) in [6.07, 6.45) is 1.71. The van der Waals surface area contributed by atoms with Crippen molar-refractivity contribution in [3.8, 4) is 0 Å². The maximum absolute atomic E-state index is 13.7. The highest BCUT2D eigenvalue weighted by Crippen LogP contribution is 2.44. The zero-order valence-electron chi connectivity index (χ0n) is 23.0. The number of esters is 1. The van der Waals surface area contributed by atoms with Crippen LogP contribution in [0.4, 0.5) is 5.13 Å². The molecule has 1 atom stereocenters. The average molecular weight is 667 g/mol. The zero-order valence-corrected chi connectivity index (χ0v) is 26.2. The Hall–Kier alpha value is -4.23. The number of carbonyl (C=O) groups is 3. The highest BCUT2D eigenvalue weighted by Gasteiger charge is 2.49. The number of amides is 1. The molecule has 0 radical (unpaired) electrons. The number of Topliss-reactive ketones (excluding diaryl/α,β-unsaturated/α-hetero) is 1. The molecule has 5 aromatic rings. The zero-order chi connectivity index (χ0) is 31.1. The summed E-state index contributed by atoms with van der Waals surface area (Å²) in [5.41, 5.74) is 2.74. The van der Waals surface area contributed by atoms with Crippen molar-refractivity contribution in [3.05, 3.63) is 111 Å². The number of methoxy groups -OCH3 is 1. The van der Waals surface area contributed by atoms with Crippen molar-refractivity contribution in [1.82, 2.24) is 19.6 Å². The standard InChI is InChI=1S/C30H21Cl2N5O5S2/c1-15-23(36-12-4-3-5-21(36)33-15)25(38)22-24(16-6-8-17(9-7-16)28(41)42-2)37(27(40)26(22)39)29-34-35-30(44-29)43-14-18-10-11-19(31)13-20(18)32/h3-13,24,38H,14H2,1-2H3. The second kappa shape index (κ2) is 12.0. The average Bonchev–Trinajstić information content (AvgIpc) is 3.69. The number of ketones is 1. The number of benzene rings is 2. The first kappa shape index (κ1) is 29.8. The summed E-state index contributed by atoms with van der Waals surface area (Å²) in [5, 5.41) is 21.4. The number of hydrogen-bond donors (Lipinski definition) is 1. The van der Waals surface area contributed by atoms with Crippen LogP contribution in [0.3, 0.4) is 0 Å². The number of aromatic nitrogens is 4. The molecule has 0 aliphatic carbocycles. The van der Waals surface area contributed by atoms with Crippen LogP contribution in [0, 0.1) is 6.92 Å². The number of ether oxygens (including phenoxy) is 1. The first-order valence-corrected chi connectivity index (χ1v) is 15.6. The van der Waals surface area contributed by atoms with Crippen LogP contribution >= 0.6 is 46.3 Å². The monoisotopic (exact) mass is 665 g/mol. The molecule has 14 heteroatoms. The van der Waals surface area contributed by atoms with E-state index in [1.165, 1.54) is 35.9 Å². The Kier molecular flexibility index (Phi) is 8.16. The Morgan fingerprint density at radius 2 is 1.86 bits per heavy atom. The van der Waals surface area contributed by atoms with Gasteiger partial charge in [-0.1, -0.05) is 70.6 Å². The first-order valence-electron chi connectivity index (χ1n) is 13.0. The fourth-order valence-corrected chi connectivity index (χ4v) is 7.35. The molecule has 1 amide bonds. The van der Waals surface area contributed by atoms with Crippen molar-refractivity contribution in [2.45, 2.75) is 23.1 Å². The lowest BCUT2D eigenvalue weighted by Gasteiger charge is -2.22. The van der Waals surface area contributed by atoms with E-state index in [1.54, 1.807) is 60.0 Å². The molecule has 0 bridgehead atoms. The van der Waals surface area contributed by atoms with Crippen molar-refractivity contribution >= 4 is 80.5 Å². The molecule has 3 aromatic heterocycles. The summed E-state index contributed by atoms with van der Waals surface area (Å²) in [6, 6.07) is 15.7. The van der Waals surface area contributed by atoms with E-state index in [-0.39, 0.29) is 27.7 Å². The van der Waals surface area contributed by atoms with Gasteiger partial charge in [0, 0.05) is 22.0 Å². The lowest BCUT2D eigenvalue weighted by atomic mass is 9.95. The van der Waals surface area contributed by atoms with Crippen LogP contribution in [0.5, 0.6) is 0 Å². The van der Waals surface area contributed by atoms with Gasteiger partial charge < -0.3 is 9.84 Å². The molecular formula is C30H21Cl2N5O5S2. The fourth-order valence-electron chi connectivity index (χ4n) is 4.93. The Bertz CT molecular complexity index is 1990. The van der Waals surface area contributed by atoms with Crippen molar-refractivity contribution in [2.24, 2.45) is 0 Å². The number of pyridine rings is 1. The van der Waals surface area contributed by atoms with Gasteiger partial charge in [0.2, 0.25) is 5.13 Å². The Balaban J connectivity index is 1.43. The smallest absolute Gasteiger partial charge is 0.337 e. The number of halogens is 2. The topological polar surface area (TPSA) is 127 Å². The molecule has 0 saturated carbocycles. The summed E-state index contributed by atoms with van der Waals surface area (Å²) in [5.74, 6) is -2.24. The Morgan fingerprint density at radius 3 is 2.59 bits per heavy atom. The third-order valence-electron chi connectivity index (χ3n) is 6.99. The number of aliphatic hydroxyl groups is 1. The van der Waals surface area contributed by atoms with Crippen LogP contribution in [-0.2, 0) is 20.1 Å². The molecule has 1 aliphatic heterocycles. The van der Waals surface area contributed by atoms with Crippen molar-refractivity contribution in [3.63, 3.8) is 0 Å². The third kappa shape index (κ3) is 5.34. The number of imidazole rings is 1. The second-order valence-corrected chi connectivity index (χ2v) is 12.7. The number of carbonyl (C=O) groups excluding carboxylic acids is 3. The normalized spacial score (nSPS) is 16.2. The lowest BCUT2D eigenvalue weighted by molar-refractivity contribution is -0.132. The molecule has 1 unspecified atom stereocenters. The minimum Gasteiger partial charge on any atom is -0.505 e. The van der Waals surface area contributed by atoms with Gasteiger partial charge >= 0.3 is 11.9 Å². The van der Waals surface area contributed by atoms with Gasteiger partial charge in [-0.15, -0.1) is 10.2 Å². The summed E-state index contributed by atoms with van der Waals surface area (Å²) in [7, 11) is 1.27. The number of aryl methyl sites for hydroxylation is 1. The summed E-state index contributed by atoms with van der Waals surface area (Å²) in [6.45, 7) is 1.71. The number of hydrogen-bond acceptors (Lipinski definition) is 10. The Morgan fingerprint density at radius 1 is 1.09 bits per heavy atom. The van der Waals surface area contributed by atoms with Gasteiger partial charge in [-0.05, 0) is 54.4 Å². The van der Waals surface area contributed by atoms with E-state index < -0.39 is 23.7 Å². The van der Waals surface area contributed by atoms with Crippen molar-refractivity contribution < 1.29 is 24.2 Å². The van der Waals surface area contributed by atoms with Crippen LogP contribution in [-0.4, -0.2) is 49.5 Å². The van der Waals surface area contributed by atoms with E-state index in [9.17, 15) is 19.5 Å². The minimum atomic E-state index is -1.08. The molecule has 10 nitrogen and oxygen atoms in total. The molecule has 6 rings (SSSR count). The van der Waals surface area contributed by atoms with Crippen LogP contribution < -0.4 is 4.90 Å². The molecule has 4 heterocycles. The number of rotatable bonds is 7. The van der Waals surface area contributed by atoms with E-state index in [2.05, 4.69) is 15.2 Å². The first-order chi connectivity index (χ1) is 21.2. The quantitative estimate of drug-likeness (QED) is 0.0517. The van der Waals surface area contributed by atoms with E-state index >= 15 is 0 Å². The molecular weight excluding hydrogens is 645 g/mol. The maximum Gasteiger partial charge on any atom is 0.337 e. The second-order valence-electron chi connectivity index (χ2n) is 9.63. The van der Waals surface area contributed by atoms with Crippen LogP contribution in [0.1, 0.15) is 38.9 Å². The van der Waals surface area contributed by atoms with E-state index in [0.29, 0.717) is 37.0 Å². The SMILES string of the molecule is COC(=O)c1ccc(C2C(=C(O)c3c(C)nc4ccccn34)C(=O)C(=O)N2c2nnc(SCc3ccc(Cl)cc3Cl)s2)cc1. The van der Waals surface area contributed by atoms with Gasteiger partial charge in [-0.3, -0.25) is 18.9 Å². The predicted octanol–water partition coefficient (Wildman–Crippen LogP) is 6.51. The molecule has 2 aromatic carbocycles. The number of aliphatic hydroxyl groups excluding tert-OH is 1. The maximum atomic E-state index is 13.7. The summed E-state index contributed by atoms with van der Waals surface area (Å²) < 4.78 is 6.99.